The van der Waals surface area contributed by atoms with Gasteiger partial charge in [-0.05, 0) is 18.6 Å². The van der Waals surface area contributed by atoms with Crippen LogP contribution in [0.4, 0.5) is 0 Å². The van der Waals surface area contributed by atoms with Crippen molar-refractivity contribution in [3.05, 3.63) is 29.3 Å². The first-order valence-corrected chi connectivity index (χ1v) is 5.38. The predicted molar refractivity (Wildman–Crippen MR) is 57.9 cm³/mol. The van der Waals surface area contributed by atoms with Gasteiger partial charge >= 0.3 is 0 Å². The van der Waals surface area contributed by atoms with Gasteiger partial charge in [-0.3, -0.25) is 0 Å². The number of aliphatic hydroxyl groups is 2. The Labute approximate surface area is 94.1 Å². The Morgan fingerprint density at radius 1 is 1.44 bits per heavy atom. The van der Waals surface area contributed by atoms with Gasteiger partial charge in [0.15, 0.2) is 0 Å². The molecule has 1 aromatic rings. The van der Waals surface area contributed by atoms with Crippen molar-refractivity contribution in [3.8, 4) is 5.75 Å². The molecule has 1 aliphatic rings. The summed E-state index contributed by atoms with van der Waals surface area (Å²) in [5.41, 5.74) is 1.69. The summed E-state index contributed by atoms with van der Waals surface area (Å²) in [5, 5.41) is 28.4. The van der Waals surface area contributed by atoms with Gasteiger partial charge in [0.25, 0.3) is 0 Å². The third-order valence-electron chi connectivity index (χ3n) is 2.98. The molecule has 88 valence electrons. The van der Waals surface area contributed by atoms with Crippen LogP contribution in [0, 0.1) is 0 Å². The van der Waals surface area contributed by atoms with Crippen LogP contribution in [0.3, 0.4) is 0 Å². The fraction of sp³-hybridized carbons (Fsp3) is 0.500. The molecule has 16 heavy (non-hydrogen) atoms. The Bertz CT molecular complexity index is 375. The monoisotopic (exact) mass is 224 g/mol. The van der Waals surface area contributed by atoms with Gasteiger partial charge in [-0.15, -0.1) is 0 Å². The molecule has 0 unspecified atom stereocenters. The lowest BCUT2D eigenvalue weighted by atomic mass is 9.99. The average molecular weight is 224 g/mol. The highest BCUT2D eigenvalue weighted by Crippen LogP contribution is 2.38. The van der Waals surface area contributed by atoms with Crippen molar-refractivity contribution < 1.29 is 20.1 Å². The zero-order valence-corrected chi connectivity index (χ0v) is 9.13. The number of hydrogen-bond acceptors (Lipinski definition) is 4. The number of ether oxygens (including phenoxy) is 1. The number of phenolic OH excluding ortho intramolecular Hbond substituents is 1. The second-order valence-corrected chi connectivity index (χ2v) is 4.19. The summed E-state index contributed by atoms with van der Waals surface area (Å²) in [4.78, 5) is 0. The minimum Gasteiger partial charge on any atom is -0.508 e. The van der Waals surface area contributed by atoms with Gasteiger partial charge in [-0.1, -0.05) is 12.1 Å². The van der Waals surface area contributed by atoms with Crippen LogP contribution in [-0.4, -0.2) is 27.5 Å². The quantitative estimate of drug-likeness (QED) is 0.719. The number of aliphatic hydroxyl groups excluding tert-OH is 2. The van der Waals surface area contributed by atoms with Crippen molar-refractivity contribution >= 4 is 0 Å². The second kappa shape index (κ2) is 4.41. The van der Waals surface area contributed by atoms with Gasteiger partial charge in [0, 0.05) is 12.0 Å². The molecule has 0 saturated heterocycles. The van der Waals surface area contributed by atoms with E-state index in [9.17, 15) is 15.3 Å². The molecule has 0 spiro atoms. The lowest BCUT2D eigenvalue weighted by Gasteiger charge is -2.18. The van der Waals surface area contributed by atoms with Gasteiger partial charge in [0.2, 0.25) is 0 Å². The summed E-state index contributed by atoms with van der Waals surface area (Å²) in [7, 11) is 0. The molecule has 3 N–H and O–H groups in total. The number of phenols is 1. The van der Waals surface area contributed by atoms with Crippen LogP contribution in [0.25, 0.3) is 0 Å². The highest BCUT2D eigenvalue weighted by molar-refractivity contribution is 5.42. The lowest BCUT2D eigenvalue weighted by molar-refractivity contribution is -0.0241. The summed E-state index contributed by atoms with van der Waals surface area (Å²) < 4.78 is 5.49. The summed E-state index contributed by atoms with van der Waals surface area (Å²) in [6.45, 7) is 1.90. The Morgan fingerprint density at radius 2 is 2.19 bits per heavy atom. The Kier molecular flexibility index (Phi) is 3.14. The van der Waals surface area contributed by atoms with Gasteiger partial charge < -0.3 is 20.1 Å². The van der Waals surface area contributed by atoms with Crippen LogP contribution in [0.2, 0.25) is 0 Å². The number of benzene rings is 1. The van der Waals surface area contributed by atoms with E-state index < -0.39 is 12.2 Å². The third-order valence-corrected chi connectivity index (χ3v) is 2.98. The fourth-order valence-electron chi connectivity index (χ4n) is 1.94. The summed E-state index contributed by atoms with van der Waals surface area (Å²) in [6.07, 6.45) is -1.48. The van der Waals surface area contributed by atoms with E-state index in [1.54, 1.807) is 19.1 Å². The number of fused-ring (bicyclic) bond motifs is 1. The van der Waals surface area contributed by atoms with Crippen molar-refractivity contribution in [1.29, 1.82) is 0 Å². The molecule has 0 aromatic heterocycles. The van der Waals surface area contributed by atoms with E-state index in [0.29, 0.717) is 13.0 Å². The number of hydrogen-bond donors (Lipinski definition) is 3. The van der Waals surface area contributed by atoms with E-state index in [0.717, 1.165) is 11.1 Å². The largest absolute Gasteiger partial charge is 0.508 e. The van der Waals surface area contributed by atoms with Crippen LogP contribution in [0.1, 0.15) is 30.6 Å². The first-order valence-electron chi connectivity index (χ1n) is 5.38. The van der Waals surface area contributed by atoms with Gasteiger partial charge in [0.1, 0.15) is 5.75 Å². The standard InChI is InChI=1S/C12H16O4/c1-7(13)11(15)5-12-8-3-2-4-10(14)9(8)6-16-12/h2-4,7,11-15H,5-6H2,1H3/t7-,11+,12+/m0/s1. The zero-order valence-electron chi connectivity index (χ0n) is 9.13. The molecular weight excluding hydrogens is 208 g/mol. The predicted octanol–water partition coefficient (Wildman–Crippen LogP) is 1.10. The van der Waals surface area contributed by atoms with Crippen LogP contribution in [0.5, 0.6) is 5.75 Å². The average Bonchev–Trinajstić information content (AvgIpc) is 2.63. The van der Waals surface area contributed by atoms with E-state index >= 15 is 0 Å². The van der Waals surface area contributed by atoms with Crippen LogP contribution in [-0.2, 0) is 11.3 Å². The van der Waals surface area contributed by atoms with Crippen molar-refractivity contribution in [1.82, 2.24) is 0 Å². The molecule has 4 heteroatoms. The van der Waals surface area contributed by atoms with E-state index in [-0.39, 0.29) is 11.9 Å². The first-order chi connectivity index (χ1) is 7.59. The molecule has 0 amide bonds. The molecule has 1 aromatic carbocycles. The van der Waals surface area contributed by atoms with E-state index in [1.165, 1.54) is 0 Å². The lowest BCUT2D eigenvalue weighted by Crippen LogP contribution is -2.24. The van der Waals surface area contributed by atoms with E-state index in [4.69, 9.17) is 4.74 Å². The Morgan fingerprint density at radius 3 is 2.88 bits per heavy atom. The van der Waals surface area contributed by atoms with Crippen molar-refractivity contribution in [2.24, 2.45) is 0 Å². The van der Waals surface area contributed by atoms with E-state index in [2.05, 4.69) is 0 Å². The second-order valence-electron chi connectivity index (χ2n) is 4.19. The smallest absolute Gasteiger partial charge is 0.121 e. The molecule has 4 nitrogen and oxygen atoms in total. The maximum Gasteiger partial charge on any atom is 0.121 e. The molecule has 1 aliphatic heterocycles. The van der Waals surface area contributed by atoms with Crippen molar-refractivity contribution in [3.63, 3.8) is 0 Å². The maximum atomic E-state index is 9.60. The molecule has 2 rings (SSSR count). The molecule has 3 atom stereocenters. The zero-order chi connectivity index (χ0) is 11.7. The summed E-state index contributed by atoms with van der Waals surface area (Å²) in [6, 6.07) is 5.25. The molecular formula is C12H16O4. The fourth-order valence-corrected chi connectivity index (χ4v) is 1.94. The molecule has 0 radical (unpaired) electrons. The van der Waals surface area contributed by atoms with Crippen molar-refractivity contribution in [2.45, 2.75) is 38.3 Å². The normalized spacial score (nSPS) is 22.8. The molecule has 0 bridgehead atoms. The minimum absolute atomic E-state index is 0.228. The molecule has 0 aliphatic carbocycles. The van der Waals surface area contributed by atoms with Crippen LogP contribution < -0.4 is 0 Å². The van der Waals surface area contributed by atoms with Gasteiger partial charge in [0.05, 0.1) is 24.9 Å². The van der Waals surface area contributed by atoms with Gasteiger partial charge in [-0.2, -0.15) is 0 Å². The number of aromatic hydroxyl groups is 1. The first kappa shape index (κ1) is 11.4. The minimum atomic E-state index is -0.807. The highest BCUT2D eigenvalue weighted by atomic mass is 16.5. The van der Waals surface area contributed by atoms with E-state index in [1.807, 2.05) is 6.07 Å². The third kappa shape index (κ3) is 2.04. The Hall–Kier alpha value is -1.10. The van der Waals surface area contributed by atoms with Gasteiger partial charge in [-0.25, -0.2) is 0 Å². The van der Waals surface area contributed by atoms with Crippen molar-refractivity contribution in [2.75, 3.05) is 0 Å². The summed E-state index contributed by atoms with van der Waals surface area (Å²) >= 11 is 0. The SMILES string of the molecule is C[C@H](O)[C@H](O)C[C@H]1OCc2c(O)cccc21. The molecule has 1 heterocycles. The topological polar surface area (TPSA) is 69.9 Å². The maximum absolute atomic E-state index is 9.60. The molecule has 0 fully saturated rings. The Balaban J connectivity index is 2.15. The number of rotatable bonds is 3. The summed E-state index contributed by atoms with van der Waals surface area (Å²) in [5.74, 6) is 0.228. The van der Waals surface area contributed by atoms with Crippen LogP contribution in [0.15, 0.2) is 18.2 Å². The van der Waals surface area contributed by atoms with Crippen LogP contribution >= 0.6 is 0 Å². The highest BCUT2D eigenvalue weighted by Gasteiger charge is 2.28. The molecule has 0 saturated carbocycles.